The molecule has 0 rings (SSSR count). The molecule has 0 aromatic heterocycles. The van der Waals surface area contributed by atoms with Crippen molar-refractivity contribution in [3.8, 4) is 0 Å². The molecule has 0 unspecified atom stereocenters. The van der Waals surface area contributed by atoms with Crippen molar-refractivity contribution in [3.05, 3.63) is 0 Å². The number of amides is 2. The van der Waals surface area contributed by atoms with Gasteiger partial charge in [0.15, 0.2) is 0 Å². The van der Waals surface area contributed by atoms with Crippen molar-refractivity contribution < 1.29 is 19.5 Å². The standard InChI is InChI=1S/C12H22N2O4/c1-9(2)7-13-11(16)8-14-10(15)5-3-4-6-12(17)18/h9H,3-8H2,1-2H3,(H,13,16)(H,14,15)(H,17,18). The number of carbonyl (C=O) groups excluding carboxylic acids is 2. The van der Waals surface area contributed by atoms with Crippen molar-refractivity contribution in [2.45, 2.75) is 39.5 Å². The van der Waals surface area contributed by atoms with Gasteiger partial charge in [-0.25, -0.2) is 0 Å². The Morgan fingerprint density at radius 3 is 2.17 bits per heavy atom. The van der Waals surface area contributed by atoms with Crippen LogP contribution in [0.25, 0.3) is 0 Å². The van der Waals surface area contributed by atoms with Gasteiger partial charge in [-0.1, -0.05) is 13.8 Å². The molecule has 0 bridgehead atoms. The largest absolute Gasteiger partial charge is 0.481 e. The predicted molar refractivity (Wildman–Crippen MR) is 67.0 cm³/mol. The van der Waals surface area contributed by atoms with Crippen molar-refractivity contribution >= 4 is 17.8 Å². The molecule has 3 N–H and O–H groups in total. The second-order valence-electron chi connectivity index (χ2n) is 4.58. The fraction of sp³-hybridized carbons (Fsp3) is 0.750. The summed E-state index contributed by atoms with van der Waals surface area (Å²) in [5.41, 5.74) is 0. The zero-order chi connectivity index (χ0) is 14.0. The third-order valence-corrected chi connectivity index (χ3v) is 2.20. The van der Waals surface area contributed by atoms with Crippen LogP contribution in [0.15, 0.2) is 0 Å². The van der Waals surface area contributed by atoms with E-state index in [0.29, 0.717) is 25.3 Å². The van der Waals surface area contributed by atoms with Crippen LogP contribution in [0, 0.1) is 5.92 Å². The molecular weight excluding hydrogens is 236 g/mol. The van der Waals surface area contributed by atoms with Crippen LogP contribution in [0.2, 0.25) is 0 Å². The Morgan fingerprint density at radius 2 is 1.61 bits per heavy atom. The van der Waals surface area contributed by atoms with Crippen molar-refractivity contribution in [3.63, 3.8) is 0 Å². The fourth-order valence-corrected chi connectivity index (χ4v) is 1.21. The lowest BCUT2D eigenvalue weighted by atomic mass is 10.2. The summed E-state index contributed by atoms with van der Waals surface area (Å²) < 4.78 is 0. The number of carboxylic acids is 1. The monoisotopic (exact) mass is 258 g/mol. The molecule has 0 saturated carbocycles. The van der Waals surface area contributed by atoms with Gasteiger partial charge in [0.2, 0.25) is 11.8 Å². The minimum atomic E-state index is -0.858. The molecule has 0 spiro atoms. The van der Waals surface area contributed by atoms with Gasteiger partial charge < -0.3 is 15.7 Å². The lowest BCUT2D eigenvalue weighted by Crippen LogP contribution is -2.38. The highest BCUT2D eigenvalue weighted by molar-refractivity contribution is 5.84. The molecule has 0 atom stereocenters. The van der Waals surface area contributed by atoms with Crippen LogP contribution in [0.1, 0.15) is 39.5 Å². The number of carbonyl (C=O) groups is 3. The summed E-state index contributed by atoms with van der Waals surface area (Å²) in [5, 5.41) is 13.6. The van der Waals surface area contributed by atoms with Gasteiger partial charge in [-0.15, -0.1) is 0 Å². The van der Waals surface area contributed by atoms with Crippen molar-refractivity contribution in [1.29, 1.82) is 0 Å². The molecule has 0 saturated heterocycles. The Balaban J connectivity index is 3.52. The van der Waals surface area contributed by atoms with Crippen molar-refractivity contribution in [1.82, 2.24) is 10.6 Å². The van der Waals surface area contributed by atoms with Crippen LogP contribution in [-0.4, -0.2) is 36.0 Å². The molecule has 0 aromatic rings. The van der Waals surface area contributed by atoms with E-state index in [-0.39, 0.29) is 31.2 Å². The molecule has 0 aliphatic heterocycles. The van der Waals surface area contributed by atoms with E-state index in [9.17, 15) is 14.4 Å². The average molecular weight is 258 g/mol. The molecule has 0 radical (unpaired) electrons. The highest BCUT2D eigenvalue weighted by Gasteiger charge is 2.06. The average Bonchev–Trinajstić information content (AvgIpc) is 2.29. The first-order valence-corrected chi connectivity index (χ1v) is 6.17. The molecule has 0 aliphatic carbocycles. The van der Waals surface area contributed by atoms with Crippen LogP contribution >= 0.6 is 0 Å². The number of unbranched alkanes of at least 4 members (excludes halogenated alkanes) is 1. The maximum atomic E-state index is 11.3. The summed E-state index contributed by atoms with van der Waals surface area (Å²) in [7, 11) is 0. The fourth-order valence-electron chi connectivity index (χ4n) is 1.21. The minimum absolute atomic E-state index is 0.0233. The first-order valence-electron chi connectivity index (χ1n) is 6.17. The van der Waals surface area contributed by atoms with E-state index in [1.165, 1.54) is 0 Å². The predicted octanol–water partition coefficient (Wildman–Crippen LogP) is 0.520. The highest BCUT2D eigenvalue weighted by atomic mass is 16.4. The first-order chi connectivity index (χ1) is 8.41. The molecule has 6 heteroatoms. The molecule has 6 nitrogen and oxygen atoms in total. The van der Waals surface area contributed by atoms with E-state index < -0.39 is 5.97 Å². The second kappa shape index (κ2) is 9.44. The zero-order valence-electron chi connectivity index (χ0n) is 11.0. The molecule has 0 aliphatic rings. The summed E-state index contributed by atoms with van der Waals surface area (Å²) in [6.07, 6.45) is 1.32. The molecule has 0 heterocycles. The van der Waals surface area contributed by atoms with Crippen LogP contribution in [-0.2, 0) is 14.4 Å². The number of hydrogen-bond acceptors (Lipinski definition) is 3. The smallest absolute Gasteiger partial charge is 0.303 e. The van der Waals surface area contributed by atoms with Crippen LogP contribution in [0.3, 0.4) is 0 Å². The Morgan fingerprint density at radius 1 is 1.00 bits per heavy atom. The van der Waals surface area contributed by atoms with Crippen molar-refractivity contribution in [2.75, 3.05) is 13.1 Å². The summed E-state index contributed by atoms with van der Waals surface area (Å²) in [4.78, 5) is 32.8. The van der Waals surface area contributed by atoms with Gasteiger partial charge in [-0.3, -0.25) is 14.4 Å². The Kier molecular flexibility index (Phi) is 8.61. The summed E-state index contributed by atoms with van der Waals surface area (Å²) >= 11 is 0. The Hall–Kier alpha value is -1.59. The summed E-state index contributed by atoms with van der Waals surface area (Å²) in [6.45, 7) is 4.54. The van der Waals surface area contributed by atoms with Gasteiger partial charge in [0, 0.05) is 19.4 Å². The van der Waals surface area contributed by atoms with Crippen LogP contribution < -0.4 is 10.6 Å². The maximum absolute atomic E-state index is 11.3. The van der Waals surface area contributed by atoms with Crippen LogP contribution in [0.5, 0.6) is 0 Å². The van der Waals surface area contributed by atoms with E-state index in [0.717, 1.165) is 0 Å². The Bertz CT molecular complexity index is 290. The number of hydrogen-bond donors (Lipinski definition) is 3. The van der Waals surface area contributed by atoms with Gasteiger partial charge in [0.1, 0.15) is 0 Å². The maximum Gasteiger partial charge on any atom is 0.303 e. The molecule has 104 valence electrons. The van der Waals surface area contributed by atoms with Gasteiger partial charge in [-0.2, -0.15) is 0 Å². The number of aliphatic carboxylic acids is 1. The van der Waals surface area contributed by atoms with E-state index in [1.807, 2.05) is 13.8 Å². The lowest BCUT2D eigenvalue weighted by molar-refractivity contribution is -0.137. The normalized spacial score (nSPS) is 10.2. The molecule has 0 aromatic carbocycles. The SMILES string of the molecule is CC(C)CNC(=O)CNC(=O)CCCCC(=O)O. The number of nitrogens with one attached hydrogen (secondary N) is 2. The Labute approximate surface area is 107 Å². The lowest BCUT2D eigenvalue weighted by Gasteiger charge is -2.08. The number of carboxylic acid groups (broad SMARTS) is 1. The van der Waals surface area contributed by atoms with E-state index in [4.69, 9.17) is 5.11 Å². The minimum Gasteiger partial charge on any atom is -0.481 e. The van der Waals surface area contributed by atoms with Gasteiger partial charge in [0.25, 0.3) is 0 Å². The van der Waals surface area contributed by atoms with Crippen molar-refractivity contribution in [2.24, 2.45) is 5.92 Å². The topological polar surface area (TPSA) is 95.5 Å². The van der Waals surface area contributed by atoms with Gasteiger partial charge in [0.05, 0.1) is 6.54 Å². The highest BCUT2D eigenvalue weighted by Crippen LogP contribution is 1.99. The molecule has 2 amide bonds. The second-order valence-corrected chi connectivity index (χ2v) is 4.58. The molecule has 0 fully saturated rings. The number of rotatable bonds is 9. The molecular formula is C12H22N2O4. The van der Waals surface area contributed by atoms with E-state index in [2.05, 4.69) is 10.6 Å². The van der Waals surface area contributed by atoms with E-state index in [1.54, 1.807) is 0 Å². The molecule has 18 heavy (non-hydrogen) atoms. The third-order valence-electron chi connectivity index (χ3n) is 2.20. The van der Waals surface area contributed by atoms with Gasteiger partial charge >= 0.3 is 5.97 Å². The van der Waals surface area contributed by atoms with Crippen LogP contribution in [0.4, 0.5) is 0 Å². The van der Waals surface area contributed by atoms with E-state index >= 15 is 0 Å². The summed E-state index contributed by atoms with van der Waals surface area (Å²) in [5.74, 6) is -0.910. The first kappa shape index (κ1) is 16.4. The zero-order valence-corrected chi connectivity index (χ0v) is 11.0. The van der Waals surface area contributed by atoms with Gasteiger partial charge in [-0.05, 0) is 18.8 Å². The quantitative estimate of drug-likeness (QED) is 0.525. The third kappa shape index (κ3) is 10.9. The summed E-state index contributed by atoms with van der Waals surface area (Å²) in [6, 6.07) is 0.